The lowest BCUT2D eigenvalue weighted by Gasteiger charge is -1.99. The van der Waals surface area contributed by atoms with Gasteiger partial charge in [0.25, 0.3) is 0 Å². The molecule has 1 aliphatic rings. The van der Waals surface area contributed by atoms with Gasteiger partial charge in [0.2, 0.25) is 0 Å². The maximum Gasteiger partial charge on any atom is 0.0813 e. The Morgan fingerprint density at radius 2 is 2.86 bits per heavy atom. The summed E-state index contributed by atoms with van der Waals surface area (Å²) >= 11 is 0. The number of nitrogens with zero attached hydrogens (tertiary/aromatic N) is 1. The lowest BCUT2D eigenvalue weighted by Crippen LogP contribution is -2.12. The SMILES string of the molecule is CC1=[C]NCC=N1. The van der Waals surface area contributed by atoms with Gasteiger partial charge in [-0.25, -0.2) is 0 Å². The highest BCUT2D eigenvalue weighted by Gasteiger charge is 1.86. The van der Waals surface area contributed by atoms with Gasteiger partial charge >= 0.3 is 0 Å². The van der Waals surface area contributed by atoms with Crippen LogP contribution in [0.4, 0.5) is 0 Å². The van der Waals surface area contributed by atoms with Crippen LogP contribution in [0.1, 0.15) is 6.92 Å². The van der Waals surface area contributed by atoms with Gasteiger partial charge in [-0.15, -0.1) is 0 Å². The molecule has 2 heteroatoms. The summed E-state index contributed by atoms with van der Waals surface area (Å²) in [5.41, 5.74) is 0.922. The summed E-state index contributed by atoms with van der Waals surface area (Å²) in [5.74, 6) is 0. The number of hydrogen-bond acceptors (Lipinski definition) is 2. The van der Waals surface area contributed by atoms with Crippen LogP contribution in [0.3, 0.4) is 0 Å². The van der Waals surface area contributed by atoms with Crippen LogP contribution in [-0.2, 0) is 0 Å². The highest BCUT2D eigenvalue weighted by molar-refractivity contribution is 5.62. The Hall–Kier alpha value is -0.790. The van der Waals surface area contributed by atoms with Crippen molar-refractivity contribution in [3.05, 3.63) is 11.9 Å². The molecule has 2 nitrogen and oxygen atoms in total. The van der Waals surface area contributed by atoms with Crippen LogP contribution in [0.2, 0.25) is 0 Å². The molecule has 0 atom stereocenters. The molecular weight excluding hydrogens is 88.1 g/mol. The fourth-order valence-electron chi connectivity index (χ4n) is 0.439. The largest absolute Gasteiger partial charge is 0.377 e. The maximum absolute atomic E-state index is 3.95. The van der Waals surface area contributed by atoms with E-state index in [-0.39, 0.29) is 0 Å². The van der Waals surface area contributed by atoms with Gasteiger partial charge in [-0.2, -0.15) is 0 Å². The first kappa shape index (κ1) is 4.37. The summed E-state index contributed by atoms with van der Waals surface area (Å²) in [6.07, 6.45) is 4.68. The Kier molecular flexibility index (Phi) is 1.11. The Morgan fingerprint density at radius 1 is 2.00 bits per heavy atom. The zero-order chi connectivity index (χ0) is 5.11. The van der Waals surface area contributed by atoms with Gasteiger partial charge in [0.15, 0.2) is 0 Å². The molecule has 0 bridgehead atoms. The molecule has 0 aromatic carbocycles. The van der Waals surface area contributed by atoms with Crippen LogP contribution in [0, 0.1) is 6.20 Å². The van der Waals surface area contributed by atoms with Crippen LogP contribution in [0.15, 0.2) is 10.7 Å². The minimum Gasteiger partial charge on any atom is -0.377 e. The predicted octanol–water partition coefficient (Wildman–Crippen LogP) is 0.325. The van der Waals surface area contributed by atoms with Crippen molar-refractivity contribution < 1.29 is 0 Å². The van der Waals surface area contributed by atoms with Gasteiger partial charge in [0, 0.05) is 6.21 Å². The van der Waals surface area contributed by atoms with Crippen molar-refractivity contribution in [2.75, 3.05) is 6.54 Å². The molecule has 0 aliphatic carbocycles. The summed E-state index contributed by atoms with van der Waals surface area (Å²) in [4.78, 5) is 3.95. The van der Waals surface area contributed by atoms with E-state index in [0.29, 0.717) is 0 Å². The highest BCUT2D eigenvalue weighted by Crippen LogP contribution is 1.90. The molecule has 0 aromatic rings. The normalized spacial score (nSPS) is 18.1. The van der Waals surface area contributed by atoms with Gasteiger partial charge in [0.05, 0.1) is 18.4 Å². The van der Waals surface area contributed by atoms with Crippen molar-refractivity contribution in [3.8, 4) is 0 Å². The molecule has 0 fully saturated rings. The molecule has 1 radical (unpaired) electrons. The van der Waals surface area contributed by atoms with Gasteiger partial charge in [-0.1, -0.05) is 0 Å². The smallest absolute Gasteiger partial charge is 0.0813 e. The van der Waals surface area contributed by atoms with E-state index < -0.39 is 0 Å². The molecule has 0 aromatic heterocycles. The van der Waals surface area contributed by atoms with Crippen LogP contribution >= 0.6 is 0 Å². The first-order valence-electron chi connectivity index (χ1n) is 2.24. The molecule has 0 saturated heterocycles. The molecule has 1 N–H and O–H groups in total. The monoisotopic (exact) mass is 95.1 g/mol. The van der Waals surface area contributed by atoms with Crippen molar-refractivity contribution in [1.29, 1.82) is 0 Å². The standard InChI is InChI=1S/C5H7N2/c1-5-4-6-2-3-7-5/h3,6H,2H2,1H3. The summed E-state index contributed by atoms with van der Waals surface area (Å²) < 4.78 is 0. The summed E-state index contributed by atoms with van der Waals surface area (Å²) in [6, 6.07) is 0. The molecule has 1 heterocycles. The van der Waals surface area contributed by atoms with E-state index in [2.05, 4.69) is 16.5 Å². The molecular formula is C5H7N2. The second kappa shape index (κ2) is 1.78. The van der Waals surface area contributed by atoms with Crippen molar-refractivity contribution in [3.63, 3.8) is 0 Å². The second-order valence-corrected chi connectivity index (χ2v) is 1.40. The summed E-state index contributed by atoms with van der Waals surface area (Å²) in [6.45, 7) is 2.72. The fraction of sp³-hybridized carbons (Fsp3) is 0.400. The molecule has 0 saturated carbocycles. The third-order valence-corrected chi connectivity index (χ3v) is 0.748. The average Bonchev–Trinajstić information content (AvgIpc) is 1.69. The Labute approximate surface area is 42.9 Å². The molecule has 0 spiro atoms. The van der Waals surface area contributed by atoms with Gasteiger partial charge < -0.3 is 5.32 Å². The lowest BCUT2D eigenvalue weighted by molar-refractivity contribution is 0.939. The zero-order valence-corrected chi connectivity index (χ0v) is 4.23. The first-order chi connectivity index (χ1) is 3.39. The molecule has 0 unspecified atom stereocenters. The second-order valence-electron chi connectivity index (χ2n) is 1.40. The molecule has 37 valence electrons. The maximum atomic E-state index is 3.95. The van der Waals surface area contributed by atoms with Crippen LogP contribution in [0.25, 0.3) is 0 Å². The topological polar surface area (TPSA) is 24.4 Å². The average molecular weight is 95.1 g/mol. The van der Waals surface area contributed by atoms with Crippen LogP contribution < -0.4 is 5.32 Å². The number of hydrogen-bond donors (Lipinski definition) is 1. The quantitative estimate of drug-likeness (QED) is 0.460. The van der Waals surface area contributed by atoms with Crippen molar-refractivity contribution >= 4 is 6.21 Å². The van der Waals surface area contributed by atoms with E-state index >= 15 is 0 Å². The zero-order valence-electron chi connectivity index (χ0n) is 4.23. The van der Waals surface area contributed by atoms with Crippen LogP contribution in [-0.4, -0.2) is 12.8 Å². The third-order valence-electron chi connectivity index (χ3n) is 0.748. The van der Waals surface area contributed by atoms with E-state index in [0.717, 1.165) is 12.2 Å². The third kappa shape index (κ3) is 1.03. The van der Waals surface area contributed by atoms with Crippen LogP contribution in [0.5, 0.6) is 0 Å². The van der Waals surface area contributed by atoms with E-state index in [9.17, 15) is 0 Å². The van der Waals surface area contributed by atoms with Crippen molar-refractivity contribution in [2.24, 2.45) is 4.99 Å². The van der Waals surface area contributed by atoms with Gasteiger partial charge in [-0.3, -0.25) is 4.99 Å². The molecule has 7 heavy (non-hydrogen) atoms. The number of aliphatic imine (C=N–C) groups is 1. The van der Waals surface area contributed by atoms with Gasteiger partial charge in [-0.05, 0) is 6.92 Å². The fourth-order valence-corrected chi connectivity index (χ4v) is 0.439. The van der Waals surface area contributed by atoms with Crippen molar-refractivity contribution in [1.82, 2.24) is 5.32 Å². The Bertz CT molecular complexity index is 113. The lowest BCUT2D eigenvalue weighted by atomic mass is 10.5. The summed E-state index contributed by atoms with van der Waals surface area (Å²) in [5, 5.41) is 2.90. The van der Waals surface area contributed by atoms with E-state index in [1.807, 2.05) is 13.1 Å². The minimum atomic E-state index is 0.817. The number of rotatable bonds is 0. The van der Waals surface area contributed by atoms with Gasteiger partial charge in [0.1, 0.15) is 0 Å². The highest BCUT2D eigenvalue weighted by atomic mass is 14.9. The summed E-state index contributed by atoms with van der Waals surface area (Å²) in [7, 11) is 0. The molecule has 1 aliphatic heterocycles. The van der Waals surface area contributed by atoms with E-state index in [1.165, 1.54) is 0 Å². The van der Waals surface area contributed by atoms with E-state index in [1.54, 1.807) is 0 Å². The Balaban J connectivity index is 2.58. The number of allylic oxidation sites excluding steroid dienone is 1. The van der Waals surface area contributed by atoms with E-state index in [4.69, 9.17) is 0 Å². The molecule has 0 amide bonds. The minimum absolute atomic E-state index is 0.817. The first-order valence-corrected chi connectivity index (χ1v) is 2.24. The Morgan fingerprint density at radius 3 is 3.14 bits per heavy atom. The molecule has 1 rings (SSSR count). The number of nitrogens with one attached hydrogen (secondary N) is 1. The van der Waals surface area contributed by atoms with Crippen molar-refractivity contribution in [2.45, 2.75) is 6.92 Å². The predicted molar refractivity (Wildman–Crippen MR) is 28.9 cm³/mol.